The highest BCUT2D eigenvalue weighted by Gasteiger charge is 2.17. The molecular formula is C13H9IN2OS. The fourth-order valence-electron chi connectivity index (χ4n) is 1.48. The van der Waals surface area contributed by atoms with Gasteiger partial charge in [0.25, 0.3) is 5.91 Å². The zero-order valence-corrected chi connectivity index (χ0v) is 12.3. The van der Waals surface area contributed by atoms with E-state index in [2.05, 4.69) is 22.6 Å². The Kier molecular flexibility index (Phi) is 4.33. The molecule has 0 fully saturated rings. The smallest absolute Gasteiger partial charge is 0.267 e. The first-order valence-corrected chi connectivity index (χ1v) is 7.16. The highest BCUT2D eigenvalue weighted by molar-refractivity contribution is 14.1. The standard InChI is InChI=1S/C13H9IN2OS/c14-11-5-2-1-4-10(11)8-16(9-15)13(17)12-6-3-7-18-12/h1-7H,8H2. The van der Waals surface area contributed by atoms with Crippen LogP contribution in [0.2, 0.25) is 0 Å². The Morgan fingerprint density at radius 3 is 2.72 bits per heavy atom. The van der Waals surface area contributed by atoms with Crippen molar-refractivity contribution >= 4 is 39.8 Å². The molecule has 1 aromatic heterocycles. The number of carbonyl (C=O) groups excluding carboxylic acids is 1. The molecule has 0 aliphatic heterocycles. The third kappa shape index (κ3) is 2.89. The molecular weight excluding hydrogens is 359 g/mol. The van der Waals surface area contributed by atoms with Crippen LogP contribution >= 0.6 is 33.9 Å². The van der Waals surface area contributed by atoms with Gasteiger partial charge in [-0.15, -0.1) is 11.3 Å². The number of nitrogens with zero attached hydrogens (tertiary/aromatic N) is 2. The Morgan fingerprint density at radius 2 is 2.11 bits per heavy atom. The molecule has 18 heavy (non-hydrogen) atoms. The second kappa shape index (κ2) is 5.98. The van der Waals surface area contributed by atoms with Crippen LogP contribution < -0.4 is 0 Å². The number of rotatable bonds is 3. The maximum atomic E-state index is 12.1. The zero-order valence-electron chi connectivity index (χ0n) is 9.34. The molecule has 2 rings (SSSR count). The molecule has 0 aliphatic rings. The fourth-order valence-corrected chi connectivity index (χ4v) is 2.71. The second-order valence-electron chi connectivity index (χ2n) is 3.56. The molecule has 5 heteroatoms. The van der Waals surface area contributed by atoms with Crippen molar-refractivity contribution in [3.8, 4) is 6.19 Å². The van der Waals surface area contributed by atoms with Crippen molar-refractivity contribution in [3.05, 3.63) is 55.8 Å². The highest BCUT2D eigenvalue weighted by atomic mass is 127. The first-order valence-electron chi connectivity index (χ1n) is 5.21. The summed E-state index contributed by atoms with van der Waals surface area (Å²) >= 11 is 3.55. The summed E-state index contributed by atoms with van der Waals surface area (Å²) in [4.78, 5) is 13.8. The molecule has 0 atom stereocenters. The first kappa shape index (κ1) is 13.1. The lowest BCUT2D eigenvalue weighted by atomic mass is 10.2. The molecule has 1 amide bonds. The average Bonchev–Trinajstić information content (AvgIpc) is 2.91. The minimum absolute atomic E-state index is 0.243. The summed E-state index contributed by atoms with van der Waals surface area (Å²) in [7, 11) is 0. The topological polar surface area (TPSA) is 44.1 Å². The van der Waals surface area contributed by atoms with E-state index in [0.29, 0.717) is 11.4 Å². The van der Waals surface area contributed by atoms with Gasteiger partial charge in [-0.1, -0.05) is 24.3 Å². The van der Waals surface area contributed by atoms with Crippen LogP contribution in [-0.4, -0.2) is 10.8 Å². The Hall–Kier alpha value is -1.39. The third-order valence-corrected chi connectivity index (χ3v) is 4.29. The van der Waals surface area contributed by atoms with Crippen molar-refractivity contribution < 1.29 is 4.79 Å². The molecule has 0 bridgehead atoms. The molecule has 0 unspecified atom stereocenters. The minimum Gasteiger partial charge on any atom is -0.267 e. The quantitative estimate of drug-likeness (QED) is 0.473. The molecule has 0 aliphatic carbocycles. The van der Waals surface area contributed by atoms with E-state index >= 15 is 0 Å². The predicted octanol–water partition coefficient (Wildman–Crippen LogP) is 3.48. The van der Waals surface area contributed by atoms with Crippen molar-refractivity contribution in [2.45, 2.75) is 6.54 Å². The number of thiophene rings is 1. The van der Waals surface area contributed by atoms with Gasteiger partial charge < -0.3 is 0 Å². The average molecular weight is 368 g/mol. The van der Waals surface area contributed by atoms with Crippen molar-refractivity contribution in [1.29, 1.82) is 5.26 Å². The number of halogens is 1. The SMILES string of the molecule is N#CN(Cc1ccccc1I)C(=O)c1cccs1. The Balaban J connectivity index is 2.19. The second-order valence-corrected chi connectivity index (χ2v) is 5.67. The highest BCUT2D eigenvalue weighted by Crippen LogP contribution is 2.17. The number of hydrogen-bond donors (Lipinski definition) is 0. The van der Waals surface area contributed by atoms with E-state index in [0.717, 1.165) is 9.13 Å². The molecule has 0 saturated heterocycles. The van der Waals surface area contributed by atoms with Gasteiger partial charge in [-0.3, -0.25) is 4.79 Å². The lowest BCUT2D eigenvalue weighted by molar-refractivity contribution is 0.0828. The number of hydrogen-bond acceptors (Lipinski definition) is 3. The van der Waals surface area contributed by atoms with E-state index in [9.17, 15) is 4.79 Å². The van der Waals surface area contributed by atoms with Crippen LogP contribution in [0.4, 0.5) is 0 Å². The maximum absolute atomic E-state index is 12.1. The summed E-state index contributed by atoms with van der Waals surface area (Å²) in [5.74, 6) is -0.243. The van der Waals surface area contributed by atoms with E-state index in [1.165, 1.54) is 16.2 Å². The molecule has 0 radical (unpaired) electrons. The van der Waals surface area contributed by atoms with E-state index in [1.54, 1.807) is 12.1 Å². The van der Waals surface area contributed by atoms with Gasteiger partial charge in [-0.2, -0.15) is 5.26 Å². The number of nitriles is 1. The van der Waals surface area contributed by atoms with E-state index in [1.807, 2.05) is 35.8 Å². The van der Waals surface area contributed by atoms with Crippen molar-refractivity contribution in [2.24, 2.45) is 0 Å². The normalized spacial score (nSPS) is 9.78. The Morgan fingerprint density at radius 1 is 1.33 bits per heavy atom. The number of carbonyl (C=O) groups is 1. The van der Waals surface area contributed by atoms with Crippen LogP contribution in [0.15, 0.2) is 41.8 Å². The van der Waals surface area contributed by atoms with E-state index in [4.69, 9.17) is 5.26 Å². The monoisotopic (exact) mass is 368 g/mol. The molecule has 0 saturated carbocycles. The van der Waals surface area contributed by atoms with Crippen LogP contribution in [0.3, 0.4) is 0 Å². The number of amides is 1. The van der Waals surface area contributed by atoms with Gasteiger partial charge >= 0.3 is 0 Å². The van der Waals surface area contributed by atoms with Gasteiger partial charge in [0, 0.05) is 3.57 Å². The molecule has 2 aromatic rings. The minimum atomic E-state index is -0.243. The predicted molar refractivity (Wildman–Crippen MR) is 79.0 cm³/mol. The van der Waals surface area contributed by atoms with Crippen LogP contribution in [0.25, 0.3) is 0 Å². The van der Waals surface area contributed by atoms with Crippen molar-refractivity contribution in [2.75, 3.05) is 0 Å². The van der Waals surface area contributed by atoms with Gasteiger partial charge in [-0.25, -0.2) is 4.90 Å². The van der Waals surface area contributed by atoms with Crippen LogP contribution in [0.1, 0.15) is 15.2 Å². The first-order chi connectivity index (χ1) is 8.72. The molecule has 0 N–H and O–H groups in total. The maximum Gasteiger partial charge on any atom is 0.277 e. The van der Waals surface area contributed by atoms with Crippen molar-refractivity contribution in [3.63, 3.8) is 0 Å². The fraction of sp³-hybridized carbons (Fsp3) is 0.0769. The lowest BCUT2D eigenvalue weighted by Gasteiger charge is -2.13. The van der Waals surface area contributed by atoms with E-state index in [-0.39, 0.29) is 5.91 Å². The summed E-state index contributed by atoms with van der Waals surface area (Å²) in [6.07, 6.45) is 1.95. The third-order valence-electron chi connectivity index (χ3n) is 2.38. The summed E-state index contributed by atoms with van der Waals surface area (Å²) in [6.45, 7) is 0.312. The Bertz CT molecular complexity index is 589. The van der Waals surface area contributed by atoms with Gasteiger partial charge in [0.05, 0.1) is 11.4 Å². The summed E-state index contributed by atoms with van der Waals surface area (Å²) in [5, 5.41) is 10.9. The molecule has 3 nitrogen and oxygen atoms in total. The summed E-state index contributed by atoms with van der Waals surface area (Å²) in [5.41, 5.74) is 0.976. The summed E-state index contributed by atoms with van der Waals surface area (Å²) < 4.78 is 1.05. The molecule has 1 aromatic carbocycles. The van der Waals surface area contributed by atoms with Gasteiger partial charge in [-0.05, 0) is 45.7 Å². The lowest BCUT2D eigenvalue weighted by Crippen LogP contribution is -2.25. The molecule has 0 spiro atoms. The van der Waals surface area contributed by atoms with Gasteiger partial charge in [0.1, 0.15) is 0 Å². The van der Waals surface area contributed by atoms with E-state index < -0.39 is 0 Å². The van der Waals surface area contributed by atoms with Crippen LogP contribution in [0.5, 0.6) is 0 Å². The van der Waals surface area contributed by atoms with Gasteiger partial charge in [0.15, 0.2) is 6.19 Å². The molecule has 1 heterocycles. The van der Waals surface area contributed by atoms with Crippen LogP contribution in [-0.2, 0) is 6.54 Å². The van der Waals surface area contributed by atoms with Crippen molar-refractivity contribution in [1.82, 2.24) is 4.90 Å². The largest absolute Gasteiger partial charge is 0.277 e. The number of benzene rings is 1. The Labute approximate surface area is 123 Å². The summed E-state index contributed by atoms with van der Waals surface area (Å²) in [6, 6.07) is 11.3. The zero-order chi connectivity index (χ0) is 13.0. The van der Waals surface area contributed by atoms with Crippen LogP contribution in [0, 0.1) is 15.0 Å². The molecule has 90 valence electrons. The van der Waals surface area contributed by atoms with Gasteiger partial charge in [0.2, 0.25) is 0 Å².